The van der Waals surface area contributed by atoms with E-state index in [9.17, 15) is 9.59 Å². The van der Waals surface area contributed by atoms with E-state index < -0.39 is 11.5 Å². The van der Waals surface area contributed by atoms with Crippen molar-refractivity contribution in [2.45, 2.75) is 33.3 Å². The molecule has 0 radical (unpaired) electrons. The van der Waals surface area contributed by atoms with Gasteiger partial charge in [0, 0.05) is 5.92 Å². The Bertz CT molecular complexity index is 630. The van der Waals surface area contributed by atoms with Crippen molar-refractivity contribution >= 4 is 11.9 Å². The zero-order valence-electron chi connectivity index (χ0n) is 13.5. The van der Waals surface area contributed by atoms with Gasteiger partial charge >= 0.3 is 11.9 Å². The smallest absolute Gasteiger partial charge is 0.311 e. The first-order valence-electron chi connectivity index (χ1n) is 7.61. The number of ether oxygens (including phenoxy) is 4. The first kappa shape index (κ1) is 15.6. The summed E-state index contributed by atoms with van der Waals surface area (Å²) in [6, 6.07) is 5.45. The monoisotopic (exact) mass is 320 g/mol. The van der Waals surface area contributed by atoms with Gasteiger partial charge < -0.3 is 18.9 Å². The molecular formula is C17H20O6. The van der Waals surface area contributed by atoms with Gasteiger partial charge in [-0.2, -0.15) is 0 Å². The third-order valence-corrected chi connectivity index (χ3v) is 3.88. The van der Waals surface area contributed by atoms with Crippen LogP contribution in [0.2, 0.25) is 0 Å². The maximum atomic E-state index is 11.9. The van der Waals surface area contributed by atoms with Crippen molar-refractivity contribution in [3.63, 3.8) is 0 Å². The predicted octanol–water partition coefficient (Wildman–Crippen LogP) is 2.61. The fourth-order valence-corrected chi connectivity index (χ4v) is 2.58. The Kier molecular flexibility index (Phi) is 3.92. The molecule has 2 aliphatic heterocycles. The van der Waals surface area contributed by atoms with Gasteiger partial charge in [0.2, 0.25) is 6.79 Å². The molecule has 1 fully saturated rings. The molecule has 0 bridgehead atoms. The summed E-state index contributed by atoms with van der Waals surface area (Å²) in [6.07, 6.45) is -0.207. The van der Waals surface area contributed by atoms with Gasteiger partial charge in [-0.1, -0.05) is 6.07 Å². The topological polar surface area (TPSA) is 71.1 Å². The van der Waals surface area contributed by atoms with Gasteiger partial charge in [-0.3, -0.25) is 9.59 Å². The van der Waals surface area contributed by atoms with Crippen molar-refractivity contribution in [3.05, 3.63) is 23.8 Å². The Balaban J connectivity index is 1.72. The lowest BCUT2D eigenvalue weighted by Crippen LogP contribution is -2.26. The Morgan fingerprint density at radius 2 is 2.00 bits per heavy atom. The number of benzene rings is 1. The molecule has 0 amide bonds. The molecule has 6 heteroatoms. The molecule has 2 aliphatic rings. The summed E-state index contributed by atoms with van der Waals surface area (Å²) in [5, 5.41) is 0. The van der Waals surface area contributed by atoms with Crippen LogP contribution in [0.4, 0.5) is 0 Å². The van der Waals surface area contributed by atoms with Gasteiger partial charge in [0.1, 0.15) is 6.10 Å². The number of cyclic esters (lactones) is 1. The number of carbonyl (C=O) groups is 2. The summed E-state index contributed by atoms with van der Waals surface area (Å²) in [5.41, 5.74) is 0.245. The van der Waals surface area contributed by atoms with Gasteiger partial charge in [0.15, 0.2) is 11.5 Å². The molecule has 0 aliphatic carbocycles. The van der Waals surface area contributed by atoms with Crippen LogP contribution in [0.5, 0.6) is 11.5 Å². The van der Waals surface area contributed by atoms with E-state index in [4.69, 9.17) is 18.9 Å². The Labute approximate surface area is 134 Å². The molecule has 1 aromatic carbocycles. The number of hydrogen-bond donors (Lipinski definition) is 0. The number of fused-ring (bicyclic) bond motifs is 1. The highest BCUT2D eigenvalue weighted by atomic mass is 16.7. The average Bonchev–Trinajstić information content (AvgIpc) is 3.08. The van der Waals surface area contributed by atoms with Gasteiger partial charge in [0.25, 0.3) is 0 Å². The summed E-state index contributed by atoms with van der Waals surface area (Å²) in [6.45, 7) is 5.72. The summed E-state index contributed by atoms with van der Waals surface area (Å²) in [7, 11) is 0. The van der Waals surface area contributed by atoms with Crippen LogP contribution in [0.3, 0.4) is 0 Å². The van der Waals surface area contributed by atoms with Crippen LogP contribution in [0, 0.1) is 11.3 Å². The third kappa shape index (κ3) is 3.25. The highest BCUT2D eigenvalue weighted by molar-refractivity contribution is 5.76. The molecule has 0 spiro atoms. The summed E-state index contributed by atoms with van der Waals surface area (Å²) in [4.78, 5) is 23.6. The lowest BCUT2D eigenvalue weighted by molar-refractivity contribution is -0.154. The molecule has 2 heterocycles. The van der Waals surface area contributed by atoms with Crippen LogP contribution in [-0.2, 0) is 19.1 Å². The van der Waals surface area contributed by atoms with Gasteiger partial charge in [-0.15, -0.1) is 0 Å². The second-order valence-corrected chi connectivity index (χ2v) is 6.84. The number of carbonyl (C=O) groups excluding carboxylic acids is 2. The fraction of sp³-hybridized carbons (Fsp3) is 0.529. The van der Waals surface area contributed by atoms with Crippen molar-refractivity contribution in [2.75, 3.05) is 13.4 Å². The molecule has 0 aromatic heterocycles. The summed E-state index contributed by atoms with van der Waals surface area (Å²) >= 11 is 0. The Hall–Kier alpha value is -2.24. The van der Waals surface area contributed by atoms with E-state index in [0.29, 0.717) is 11.5 Å². The van der Waals surface area contributed by atoms with E-state index in [1.165, 1.54) is 0 Å². The van der Waals surface area contributed by atoms with Gasteiger partial charge in [0.05, 0.1) is 18.4 Å². The van der Waals surface area contributed by atoms with E-state index in [1.807, 2.05) is 12.1 Å². The average molecular weight is 320 g/mol. The Morgan fingerprint density at radius 1 is 1.26 bits per heavy atom. The van der Waals surface area contributed by atoms with E-state index in [2.05, 4.69) is 0 Å². The Morgan fingerprint density at radius 3 is 2.74 bits per heavy atom. The predicted molar refractivity (Wildman–Crippen MR) is 79.9 cm³/mol. The van der Waals surface area contributed by atoms with Crippen molar-refractivity contribution in [3.8, 4) is 11.5 Å². The van der Waals surface area contributed by atoms with Crippen LogP contribution >= 0.6 is 0 Å². The van der Waals surface area contributed by atoms with Crippen LogP contribution in [0.25, 0.3) is 0 Å². The number of rotatable bonds is 3. The van der Waals surface area contributed by atoms with Crippen molar-refractivity contribution in [1.82, 2.24) is 0 Å². The van der Waals surface area contributed by atoms with Crippen molar-refractivity contribution < 1.29 is 28.5 Å². The molecule has 1 saturated heterocycles. The van der Waals surface area contributed by atoms with E-state index in [-0.39, 0.29) is 37.7 Å². The minimum Gasteiger partial charge on any atom is -0.465 e. The quantitative estimate of drug-likeness (QED) is 0.797. The molecule has 23 heavy (non-hydrogen) atoms. The zero-order valence-corrected chi connectivity index (χ0v) is 13.5. The molecule has 0 saturated carbocycles. The van der Waals surface area contributed by atoms with E-state index in [1.54, 1.807) is 26.8 Å². The SMILES string of the molecule is CC(C)(C)C(=O)OC[C@H]1CC(=O)O[C@H]1c1ccc2c(c1)OCO2. The van der Waals surface area contributed by atoms with Crippen LogP contribution < -0.4 is 9.47 Å². The normalized spacial score (nSPS) is 22.8. The van der Waals surface area contributed by atoms with Crippen LogP contribution in [-0.4, -0.2) is 25.3 Å². The molecule has 2 atom stereocenters. The van der Waals surface area contributed by atoms with Gasteiger partial charge in [-0.05, 0) is 38.5 Å². The molecule has 0 N–H and O–H groups in total. The van der Waals surface area contributed by atoms with Gasteiger partial charge in [-0.25, -0.2) is 0 Å². The minimum atomic E-state index is -0.572. The second kappa shape index (κ2) is 5.76. The summed E-state index contributed by atoms with van der Waals surface area (Å²) < 4.78 is 21.4. The van der Waals surface area contributed by atoms with Crippen LogP contribution in [0.1, 0.15) is 38.9 Å². The van der Waals surface area contributed by atoms with Crippen LogP contribution in [0.15, 0.2) is 18.2 Å². The van der Waals surface area contributed by atoms with E-state index >= 15 is 0 Å². The lowest BCUT2D eigenvalue weighted by Gasteiger charge is -2.21. The standard InChI is InChI=1S/C17H20O6/c1-17(2,3)16(19)20-8-11-7-14(18)23-15(11)10-4-5-12-13(6-10)22-9-21-12/h4-6,11,15H,7-9H2,1-3H3/t11-,15+/m1/s1. The van der Waals surface area contributed by atoms with Crippen molar-refractivity contribution in [2.24, 2.45) is 11.3 Å². The zero-order chi connectivity index (χ0) is 16.6. The van der Waals surface area contributed by atoms with E-state index in [0.717, 1.165) is 5.56 Å². The third-order valence-electron chi connectivity index (χ3n) is 3.88. The first-order valence-corrected chi connectivity index (χ1v) is 7.61. The highest BCUT2D eigenvalue weighted by Crippen LogP contribution is 2.40. The maximum absolute atomic E-state index is 11.9. The molecular weight excluding hydrogens is 300 g/mol. The molecule has 0 unspecified atom stereocenters. The number of hydrogen-bond acceptors (Lipinski definition) is 6. The lowest BCUT2D eigenvalue weighted by atomic mass is 9.95. The number of esters is 2. The minimum absolute atomic E-state index is 0.154. The largest absolute Gasteiger partial charge is 0.465 e. The molecule has 1 aromatic rings. The highest BCUT2D eigenvalue weighted by Gasteiger charge is 2.38. The molecule has 6 nitrogen and oxygen atoms in total. The molecule has 124 valence electrons. The second-order valence-electron chi connectivity index (χ2n) is 6.84. The first-order chi connectivity index (χ1) is 10.8. The maximum Gasteiger partial charge on any atom is 0.311 e. The summed E-state index contributed by atoms with van der Waals surface area (Å²) in [5.74, 6) is 0.532. The fourth-order valence-electron chi connectivity index (χ4n) is 2.58. The van der Waals surface area contributed by atoms with Crippen molar-refractivity contribution in [1.29, 1.82) is 0 Å². The molecule has 3 rings (SSSR count).